The third kappa shape index (κ3) is 3.14. The van der Waals surface area contributed by atoms with Gasteiger partial charge in [0.05, 0.1) is 12.2 Å². The molecule has 0 aromatic carbocycles. The molecule has 0 aliphatic heterocycles. The SMILES string of the molecule is CC(C)OC(C)C1CCCCC1. The molecule has 0 aromatic heterocycles. The fourth-order valence-corrected chi connectivity index (χ4v) is 2.14. The lowest BCUT2D eigenvalue weighted by molar-refractivity contribution is -0.0240. The zero-order valence-corrected chi connectivity index (χ0v) is 8.68. The Kier molecular flexibility index (Phi) is 4.07. The molecular formula is C11H22O. The molecule has 1 atom stereocenters. The second-order valence-corrected chi connectivity index (χ2v) is 4.29. The summed E-state index contributed by atoms with van der Waals surface area (Å²) in [7, 11) is 0. The summed E-state index contributed by atoms with van der Waals surface area (Å²) in [5, 5.41) is 0. The fraction of sp³-hybridized carbons (Fsp3) is 1.00. The minimum Gasteiger partial charge on any atom is -0.376 e. The van der Waals surface area contributed by atoms with Gasteiger partial charge in [0.2, 0.25) is 0 Å². The van der Waals surface area contributed by atoms with Crippen LogP contribution in [0.1, 0.15) is 52.9 Å². The Morgan fingerprint density at radius 2 is 1.58 bits per heavy atom. The van der Waals surface area contributed by atoms with E-state index in [1.807, 2.05) is 0 Å². The molecule has 12 heavy (non-hydrogen) atoms. The zero-order chi connectivity index (χ0) is 8.97. The average molecular weight is 170 g/mol. The van der Waals surface area contributed by atoms with Crippen molar-refractivity contribution in [1.82, 2.24) is 0 Å². The summed E-state index contributed by atoms with van der Waals surface area (Å²) in [6, 6.07) is 0. The molecule has 0 aromatic rings. The van der Waals surface area contributed by atoms with Gasteiger partial charge in [0.25, 0.3) is 0 Å². The van der Waals surface area contributed by atoms with Crippen molar-refractivity contribution in [2.45, 2.75) is 65.1 Å². The van der Waals surface area contributed by atoms with Gasteiger partial charge in [0.15, 0.2) is 0 Å². The Morgan fingerprint density at radius 3 is 2.08 bits per heavy atom. The van der Waals surface area contributed by atoms with E-state index >= 15 is 0 Å². The summed E-state index contributed by atoms with van der Waals surface area (Å²) in [6.07, 6.45) is 7.90. The lowest BCUT2D eigenvalue weighted by Crippen LogP contribution is -2.25. The van der Waals surface area contributed by atoms with E-state index in [1.165, 1.54) is 32.1 Å². The van der Waals surface area contributed by atoms with E-state index in [-0.39, 0.29) is 0 Å². The van der Waals surface area contributed by atoms with Crippen LogP contribution in [0.25, 0.3) is 0 Å². The van der Waals surface area contributed by atoms with Gasteiger partial charge in [0, 0.05) is 0 Å². The highest BCUT2D eigenvalue weighted by atomic mass is 16.5. The second-order valence-electron chi connectivity index (χ2n) is 4.29. The molecule has 0 saturated heterocycles. The van der Waals surface area contributed by atoms with Gasteiger partial charge in [-0.1, -0.05) is 19.3 Å². The molecule has 1 nitrogen and oxygen atoms in total. The smallest absolute Gasteiger partial charge is 0.0578 e. The molecule has 1 fully saturated rings. The average Bonchev–Trinajstić information content (AvgIpc) is 2.05. The highest BCUT2D eigenvalue weighted by Gasteiger charge is 2.20. The van der Waals surface area contributed by atoms with E-state index in [2.05, 4.69) is 20.8 Å². The van der Waals surface area contributed by atoms with Crippen molar-refractivity contribution in [1.29, 1.82) is 0 Å². The quantitative estimate of drug-likeness (QED) is 0.631. The van der Waals surface area contributed by atoms with Crippen molar-refractivity contribution in [2.24, 2.45) is 5.92 Å². The third-order valence-electron chi connectivity index (χ3n) is 2.80. The molecule has 1 unspecified atom stereocenters. The Morgan fingerprint density at radius 1 is 1.00 bits per heavy atom. The lowest BCUT2D eigenvalue weighted by atomic mass is 9.86. The van der Waals surface area contributed by atoms with Crippen LogP contribution in [0, 0.1) is 5.92 Å². The predicted molar refractivity (Wildman–Crippen MR) is 52.3 cm³/mol. The molecule has 0 heterocycles. The minimum atomic E-state index is 0.391. The van der Waals surface area contributed by atoms with Crippen LogP contribution in [0.15, 0.2) is 0 Å². The van der Waals surface area contributed by atoms with Crippen LogP contribution in [-0.4, -0.2) is 12.2 Å². The first kappa shape index (κ1) is 10.0. The van der Waals surface area contributed by atoms with E-state index in [0.29, 0.717) is 12.2 Å². The molecular weight excluding hydrogens is 148 g/mol. The summed E-state index contributed by atoms with van der Waals surface area (Å²) in [6.45, 7) is 6.48. The maximum atomic E-state index is 5.79. The van der Waals surface area contributed by atoms with Crippen LogP contribution in [0.2, 0.25) is 0 Å². The molecule has 1 rings (SSSR count). The summed E-state index contributed by atoms with van der Waals surface area (Å²) in [5.41, 5.74) is 0. The molecule has 0 spiro atoms. The van der Waals surface area contributed by atoms with Crippen molar-refractivity contribution in [3.63, 3.8) is 0 Å². The predicted octanol–water partition coefficient (Wildman–Crippen LogP) is 3.38. The molecule has 1 aliphatic carbocycles. The van der Waals surface area contributed by atoms with Gasteiger partial charge in [-0.2, -0.15) is 0 Å². The Bertz CT molecular complexity index is 114. The van der Waals surface area contributed by atoms with Gasteiger partial charge >= 0.3 is 0 Å². The largest absolute Gasteiger partial charge is 0.376 e. The molecule has 72 valence electrons. The van der Waals surface area contributed by atoms with E-state index in [4.69, 9.17) is 4.74 Å². The van der Waals surface area contributed by atoms with Crippen LogP contribution >= 0.6 is 0 Å². The summed E-state index contributed by atoms with van der Waals surface area (Å²) >= 11 is 0. The minimum absolute atomic E-state index is 0.391. The number of hydrogen-bond donors (Lipinski definition) is 0. The van der Waals surface area contributed by atoms with Crippen LogP contribution in [0.5, 0.6) is 0 Å². The number of ether oxygens (including phenoxy) is 1. The van der Waals surface area contributed by atoms with Crippen molar-refractivity contribution >= 4 is 0 Å². The lowest BCUT2D eigenvalue weighted by Gasteiger charge is -2.28. The maximum Gasteiger partial charge on any atom is 0.0578 e. The zero-order valence-electron chi connectivity index (χ0n) is 8.68. The first-order valence-corrected chi connectivity index (χ1v) is 5.35. The standard InChI is InChI=1S/C11H22O/c1-9(2)12-10(3)11-7-5-4-6-8-11/h9-11H,4-8H2,1-3H3. The Hall–Kier alpha value is -0.0400. The van der Waals surface area contributed by atoms with Gasteiger partial charge in [0.1, 0.15) is 0 Å². The third-order valence-corrected chi connectivity index (χ3v) is 2.80. The first-order valence-electron chi connectivity index (χ1n) is 5.35. The molecule has 0 N–H and O–H groups in total. The summed E-state index contributed by atoms with van der Waals surface area (Å²) < 4.78 is 5.79. The molecule has 1 saturated carbocycles. The van der Waals surface area contributed by atoms with Crippen LogP contribution in [-0.2, 0) is 4.74 Å². The van der Waals surface area contributed by atoms with Crippen molar-refractivity contribution in [2.75, 3.05) is 0 Å². The highest BCUT2D eigenvalue weighted by molar-refractivity contribution is 4.71. The van der Waals surface area contributed by atoms with Gasteiger partial charge in [-0.15, -0.1) is 0 Å². The normalized spacial score (nSPS) is 23.0. The van der Waals surface area contributed by atoms with E-state index < -0.39 is 0 Å². The summed E-state index contributed by atoms with van der Waals surface area (Å²) in [4.78, 5) is 0. The van der Waals surface area contributed by atoms with Crippen molar-refractivity contribution in [3.05, 3.63) is 0 Å². The van der Waals surface area contributed by atoms with Gasteiger partial charge in [-0.3, -0.25) is 0 Å². The molecule has 0 amide bonds. The van der Waals surface area contributed by atoms with Gasteiger partial charge < -0.3 is 4.74 Å². The van der Waals surface area contributed by atoms with Crippen LogP contribution < -0.4 is 0 Å². The number of hydrogen-bond acceptors (Lipinski definition) is 1. The van der Waals surface area contributed by atoms with Gasteiger partial charge in [-0.05, 0) is 39.5 Å². The van der Waals surface area contributed by atoms with Crippen molar-refractivity contribution in [3.8, 4) is 0 Å². The van der Waals surface area contributed by atoms with E-state index in [9.17, 15) is 0 Å². The monoisotopic (exact) mass is 170 g/mol. The second kappa shape index (κ2) is 4.86. The fourth-order valence-electron chi connectivity index (χ4n) is 2.14. The summed E-state index contributed by atoms with van der Waals surface area (Å²) in [5.74, 6) is 0.834. The maximum absolute atomic E-state index is 5.79. The van der Waals surface area contributed by atoms with Gasteiger partial charge in [-0.25, -0.2) is 0 Å². The highest BCUT2D eigenvalue weighted by Crippen LogP contribution is 2.28. The molecule has 0 radical (unpaired) electrons. The molecule has 1 aliphatic rings. The molecule has 0 bridgehead atoms. The van der Waals surface area contributed by atoms with E-state index in [0.717, 1.165) is 5.92 Å². The number of rotatable bonds is 3. The first-order chi connectivity index (χ1) is 5.70. The van der Waals surface area contributed by atoms with Crippen molar-refractivity contribution < 1.29 is 4.74 Å². The molecule has 1 heteroatoms. The van der Waals surface area contributed by atoms with Crippen LogP contribution in [0.3, 0.4) is 0 Å². The van der Waals surface area contributed by atoms with Crippen LogP contribution in [0.4, 0.5) is 0 Å². The Labute approximate surface area is 76.5 Å². The Balaban J connectivity index is 2.24. The van der Waals surface area contributed by atoms with E-state index in [1.54, 1.807) is 0 Å². The topological polar surface area (TPSA) is 9.23 Å².